The Balaban J connectivity index is 1.92. The second-order valence-corrected chi connectivity index (χ2v) is 4.66. The maximum Gasteiger partial charge on any atom is 0.267 e. The van der Waals surface area contributed by atoms with Crippen LogP contribution in [0.3, 0.4) is 0 Å². The van der Waals surface area contributed by atoms with Gasteiger partial charge in [0.2, 0.25) is 0 Å². The highest BCUT2D eigenvalue weighted by Gasteiger charge is 2.09. The van der Waals surface area contributed by atoms with E-state index in [-0.39, 0.29) is 5.91 Å². The van der Waals surface area contributed by atoms with Gasteiger partial charge in [-0.25, -0.2) is 4.98 Å². The van der Waals surface area contributed by atoms with Gasteiger partial charge in [-0.1, -0.05) is 0 Å². The van der Waals surface area contributed by atoms with Gasteiger partial charge in [0.25, 0.3) is 5.91 Å². The first-order chi connectivity index (χ1) is 9.63. The molecule has 2 aromatic rings. The largest absolute Gasteiger partial charge is 0.377 e. The van der Waals surface area contributed by atoms with Crippen molar-refractivity contribution in [2.75, 3.05) is 13.7 Å². The molecule has 0 saturated carbocycles. The Bertz CT molecular complexity index is 586. The van der Waals surface area contributed by atoms with E-state index in [1.165, 1.54) is 0 Å². The fraction of sp³-hybridized carbons (Fsp3) is 0.429. The van der Waals surface area contributed by atoms with Crippen molar-refractivity contribution in [1.29, 1.82) is 0 Å². The molecule has 2 rings (SSSR count). The molecule has 0 spiro atoms. The molecular formula is C14H20N4O2. The number of imidazole rings is 1. The second-order valence-electron chi connectivity index (χ2n) is 4.66. The number of ether oxygens (including phenoxy) is 1. The smallest absolute Gasteiger partial charge is 0.267 e. The number of aromatic nitrogens is 3. The molecule has 0 atom stereocenters. The monoisotopic (exact) mass is 276 g/mol. The Morgan fingerprint density at radius 1 is 1.50 bits per heavy atom. The van der Waals surface area contributed by atoms with Crippen LogP contribution in [-0.4, -0.2) is 33.7 Å². The fourth-order valence-electron chi connectivity index (χ4n) is 2.13. The molecule has 1 N–H and O–H groups in total. The fourth-order valence-corrected chi connectivity index (χ4v) is 2.13. The van der Waals surface area contributed by atoms with Crippen LogP contribution in [0.25, 0.3) is 0 Å². The summed E-state index contributed by atoms with van der Waals surface area (Å²) in [5.74, 6) is 0.807. The topological polar surface area (TPSA) is 61.1 Å². The molecule has 0 aliphatic rings. The summed E-state index contributed by atoms with van der Waals surface area (Å²) in [7, 11) is 3.50. The lowest BCUT2D eigenvalue weighted by atomic mass is 10.4. The van der Waals surface area contributed by atoms with Crippen molar-refractivity contribution >= 4 is 5.91 Å². The Labute approximate surface area is 118 Å². The van der Waals surface area contributed by atoms with E-state index >= 15 is 0 Å². The Hall–Kier alpha value is -2.08. The van der Waals surface area contributed by atoms with E-state index in [0.717, 1.165) is 11.5 Å². The summed E-state index contributed by atoms with van der Waals surface area (Å²) in [6.45, 7) is 3.70. The highest BCUT2D eigenvalue weighted by Crippen LogP contribution is 2.05. The van der Waals surface area contributed by atoms with E-state index < -0.39 is 0 Å². The molecule has 20 heavy (non-hydrogen) atoms. The molecule has 6 nitrogen and oxygen atoms in total. The predicted molar refractivity (Wildman–Crippen MR) is 75.4 cm³/mol. The van der Waals surface area contributed by atoms with E-state index in [1.54, 1.807) is 17.7 Å². The van der Waals surface area contributed by atoms with Crippen molar-refractivity contribution in [2.24, 2.45) is 7.05 Å². The first-order valence-corrected chi connectivity index (χ1v) is 6.53. The lowest BCUT2D eigenvalue weighted by Gasteiger charge is -2.11. The molecule has 108 valence electrons. The third-order valence-electron chi connectivity index (χ3n) is 3.21. The van der Waals surface area contributed by atoms with Crippen LogP contribution in [0.1, 0.15) is 22.0 Å². The summed E-state index contributed by atoms with van der Waals surface area (Å²) < 4.78 is 8.96. The quantitative estimate of drug-likeness (QED) is 0.859. The number of aryl methyl sites for hydroxylation is 2. The zero-order valence-electron chi connectivity index (χ0n) is 12.1. The van der Waals surface area contributed by atoms with Gasteiger partial charge >= 0.3 is 0 Å². The average Bonchev–Trinajstić information content (AvgIpc) is 2.99. The van der Waals surface area contributed by atoms with Crippen molar-refractivity contribution in [1.82, 2.24) is 19.4 Å². The molecule has 0 unspecified atom stereocenters. The molecule has 0 aromatic carbocycles. The van der Waals surface area contributed by atoms with Crippen LogP contribution in [0.15, 0.2) is 24.5 Å². The highest BCUT2D eigenvalue weighted by molar-refractivity contribution is 5.92. The van der Waals surface area contributed by atoms with Gasteiger partial charge in [-0.15, -0.1) is 0 Å². The van der Waals surface area contributed by atoms with Gasteiger partial charge in [0.05, 0.1) is 0 Å². The van der Waals surface area contributed by atoms with Gasteiger partial charge in [-0.3, -0.25) is 4.79 Å². The minimum absolute atomic E-state index is 0.0661. The summed E-state index contributed by atoms with van der Waals surface area (Å²) in [5, 5.41) is 2.91. The predicted octanol–water partition coefficient (Wildman–Crippen LogP) is 1.11. The number of nitrogens with one attached hydrogen (secondary N) is 1. The van der Waals surface area contributed by atoms with E-state index in [0.29, 0.717) is 25.4 Å². The lowest BCUT2D eigenvalue weighted by Crippen LogP contribution is -2.29. The van der Waals surface area contributed by atoms with Crippen LogP contribution >= 0.6 is 0 Å². The summed E-state index contributed by atoms with van der Waals surface area (Å²) in [5.41, 5.74) is 1.72. The molecule has 0 fully saturated rings. The lowest BCUT2D eigenvalue weighted by molar-refractivity contribution is 0.0943. The van der Waals surface area contributed by atoms with Crippen molar-refractivity contribution in [2.45, 2.75) is 20.1 Å². The Kier molecular flexibility index (Phi) is 4.57. The molecule has 0 aliphatic carbocycles. The summed E-state index contributed by atoms with van der Waals surface area (Å²) >= 11 is 0. The number of amides is 1. The highest BCUT2D eigenvalue weighted by atomic mass is 16.5. The van der Waals surface area contributed by atoms with E-state index in [2.05, 4.69) is 14.9 Å². The van der Waals surface area contributed by atoms with Crippen LogP contribution in [0.2, 0.25) is 0 Å². The van der Waals surface area contributed by atoms with Crippen LogP contribution in [0.5, 0.6) is 0 Å². The number of rotatable bonds is 6. The molecule has 1 amide bonds. The van der Waals surface area contributed by atoms with Gasteiger partial charge in [-0.05, 0) is 19.1 Å². The first kappa shape index (κ1) is 14.3. The standard InChI is InChI=1S/C14H20N4O2/c1-11-9-16-13(10-20-3)18(11)8-6-15-14(19)12-5-4-7-17(12)2/h4-5,7,9H,6,8,10H2,1-3H3,(H,15,19). The molecule has 0 radical (unpaired) electrons. The van der Waals surface area contributed by atoms with Gasteiger partial charge in [-0.2, -0.15) is 0 Å². The maximum absolute atomic E-state index is 12.0. The maximum atomic E-state index is 12.0. The molecule has 2 heterocycles. The van der Waals surface area contributed by atoms with Gasteiger partial charge in [0.15, 0.2) is 0 Å². The van der Waals surface area contributed by atoms with Crippen molar-refractivity contribution in [3.05, 3.63) is 41.7 Å². The minimum atomic E-state index is -0.0661. The normalized spacial score (nSPS) is 10.8. The van der Waals surface area contributed by atoms with Crippen molar-refractivity contribution in [3.63, 3.8) is 0 Å². The average molecular weight is 276 g/mol. The second kappa shape index (κ2) is 6.38. The number of hydrogen-bond acceptors (Lipinski definition) is 3. The van der Waals surface area contributed by atoms with E-state index in [9.17, 15) is 4.79 Å². The van der Waals surface area contributed by atoms with Crippen LogP contribution in [-0.2, 0) is 24.9 Å². The van der Waals surface area contributed by atoms with Crippen molar-refractivity contribution in [3.8, 4) is 0 Å². The minimum Gasteiger partial charge on any atom is -0.377 e. The number of nitrogens with zero attached hydrogens (tertiary/aromatic N) is 3. The first-order valence-electron chi connectivity index (χ1n) is 6.53. The molecule has 2 aromatic heterocycles. The van der Waals surface area contributed by atoms with Crippen molar-refractivity contribution < 1.29 is 9.53 Å². The molecule has 0 saturated heterocycles. The van der Waals surface area contributed by atoms with E-state index in [1.807, 2.05) is 32.4 Å². The van der Waals surface area contributed by atoms with Gasteiger partial charge in [0.1, 0.15) is 18.1 Å². The summed E-state index contributed by atoms with van der Waals surface area (Å²) in [4.78, 5) is 16.3. The zero-order valence-corrected chi connectivity index (χ0v) is 12.1. The van der Waals surface area contributed by atoms with E-state index in [4.69, 9.17) is 4.74 Å². The van der Waals surface area contributed by atoms with Crippen LogP contribution < -0.4 is 5.32 Å². The van der Waals surface area contributed by atoms with Gasteiger partial charge < -0.3 is 19.2 Å². The number of hydrogen-bond donors (Lipinski definition) is 1. The molecule has 6 heteroatoms. The Morgan fingerprint density at radius 3 is 2.95 bits per heavy atom. The molecular weight excluding hydrogens is 256 g/mol. The number of carbonyl (C=O) groups is 1. The van der Waals surface area contributed by atoms with Gasteiger partial charge in [0, 0.05) is 45.3 Å². The summed E-state index contributed by atoms with van der Waals surface area (Å²) in [6, 6.07) is 3.65. The molecule has 0 bridgehead atoms. The third-order valence-corrected chi connectivity index (χ3v) is 3.21. The van der Waals surface area contributed by atoms with Crippen LogP contribution in [0, 0.1) is 6.92 Å². The van der Waals surface area contributed by atoms with Crippen LogP contribution in [0.4, 0.5) is 0 Å². The molecule has 0 aliphatic heterocycles. The number of carbonyl (C=O) groups excluding carboxylic acids is 1. The summed E-state index contributed by atoms with van der Waals surface area (Å²) in [6.07, 6.45) is 3.67. The Morgan fingerprint density at radius 2 is 2.30 bits per heavy atom. The SMILES string of the molecule is COCc1ncc(C)n1CCNC(=O)c1cccn1C. The zero-order chi connectivity index (χ0) is 14.5. The number of methoxy groups -OCH3 is 1. The third kappa shape index (κ3) is 3.08.